The fourth-order valence-electron chi connectivity index (χ4n) is 1.42. The normalized spacial score (nSPS) is 18.9. The Bertz CT molecular complexity index is 430. The summed E-state index contributed by atoms with van der Waals surface area (Å²) in [4.78, 5) is 16.2. The number of carbonyl (C=O) groups excluding carboxylic acids is 1. The molecule has 0 saturated carbocycles. The summed E-state index contributed by atoms with van der Waals surface area (Å²) >= 11 is 5.77. The van der Waals surface area contributed by atoms with Crippen LogP contribution < -0.4 is 11.3 Å². The Hall–Kier alpha value is -1.59. The predicted octanol–water partition coefficient (Wildman–Crippen LogP) is 0.823. The molecule has 0 spiro atoms. The molecule has 1 aromatic carbocycles. The molecule has 0 saturated heterocycles. The Labute approximate surface area is 97.2 Å². The topological polar surface area (TPSA) is 76.7 Å². The van der Waals surface area contributed by atoms with Gasteiger partial charge in [-0.15, -0.1) is 0 Å². The number of amides is 1. The van der Waals surface area contributed by atoms with Crippen molar-refractivity contribution in [3.63, 3.8) is 0 Å². The number of carbonyl (C=O) groups is 1. The molecule has 5 nitrogen and oxygen atoms in total. The zero-order valence-corrected chi connectivity index (χ0v) is 9.07. The van der Waals surface area contributed by atoms with Crippen molar-refractivity contribution < 1.29 is 9.63 Å². The number of nitrogens with zero attached hydrogens (tertiary/aromatic N) is 1. The molecule has 2 rings (SSSR count). The minimum Gasteiger partial charge on any atom is -0.382 e. The van der Waals surface area contributed by atoms with Gasteiger partial charge in [0.25, 0.3) is 5.91 Å². The van der Waals surface area contributed by atoms with E-state index in [1.54, 1.807) is 12.1 Å². The first-order valence-corrected chi connectivity index (χ1v) is 5.07. The lowest BCUT2D eigenvalue weighted by atomic mass is 10.1. The highest BCUT2D eigenvalue weighted by atomic mass is 35.5. The largest absolute Gasteiger partial charge is 0.382 e. The molecule has 3 N–H and O–H groups in total. The molecule has 0 fully saturated rings. The number of benzene rings is 1. The van der Waals surface area contributed by atoms with E-state index >= 15 is 0 Å². The summed E-state index contributed by atoms with van der Waals surface area (Å²) in [6.45, 7) is 0. The summed E-state index contributed by atoms with van der Waals surface area (Å²) in [6, 6.07) is 7.17. The van der Waals surface area contributed by atoms with Crippen LogP contribution in [0, 0.1) is 0 Å². The maximum Gasteiger partial charge on any atom is 0.278 e. The molecule has 16 heavy (non-hydrogen) atoms. The van der Waals surface area contributed by atoms with Crippen LogP contribution in [-0.2, 0) is 9.63 Å². The van der Waals surface area contributed by atoms with E-state index in [-0.39, 0.29) is 5.91 Å². The van der Waals surface area contributed by atoms with Gasteiger partial charge in [0.15, 0.2) is 0 Å². The standard InChI is InChI=1S/C10H10ClN3O2/c11-7-3-1-6(2-4-7)8-5-9(16-14-8)10(15)13-12/h1-4,9H,5,12H2,(H,13,15). The molecular formula is C10H10ClN3O2. The molecule has 1 aromatic rings. The first kappa shape index (κ1) is 10.9. The minimum atomic E-state index is -0.643. The Balaban J connectivity index is 2.08. The second kappa shape index (κ2) is 4.51. The van der Waals surface area contributed by atoms with Crippen molar-refractivity contribution in [3.8, 4) is 0 Å². The van der Waals surface area contributed by atoms with Gasteiger partial charge in [0.1, 0.15) is 0 Å². The van der Waals surface area contributed by atoms with Crippen LogP contribution >= 0.6 is 11.6 Å². The van der Waals surface area contributed by atoms with Crippen molar-refractivity contribution in [2.75, 3.05) is 0 Å². The van der Waals surface area contributed by atoms with Crippen LogP contribution in [-0.4, -0.2) is 17.7 Å². The van der Waals surface area contributed by atoms with Crippen LogP contribution in [0.1, 0.15) is 12.0 Å². The monoisotopic (exact) mass is 239 g/mol. The summed E-state index contributed by atoms with van der Waals surface area (Å²) in [6.07, 6.45) is -0.235. The van der Waals surface area contributed by atoms with E-state index in [0.29, 0.717) is 17.2 Å². The van der Waals surface area contributed by atoms with E-state index in [2.05, 4.69) is 5.16 Å². The molecule has 1 aliphatic rings. The third kappa shape index (κ3) is 2.15. The van der Waals surface area contributed by atoms with Gasteiger partial charge in [-0.1, -0.05) is 28.9 Å². The SMILES string of the molecule is NNC(=O)C1CC(c2ccc(Cl)cc2)=NO1. The lowest BCUT2D eigenvalue weighted by Gasteiger charge is -2.04. The van der Waals surface area contributed by atoms with E-state index in [9.17, 15) is 4.79 Å². The summed E-state index contributed by atoms with van der Waals surface area (Å²) in [5, 5.41) is 4.50. The molecule has 0 aromatic heterocycles. The molecule has 1 atom stereocenters. The molecule has 1 unspecified atom stereocenters. The molecule has 0 aliphatic carbocycles. The van der Waals surface area contributed by atoms with E-state index in [0.717, 1.165) is 5.56 Å². The number of nitrogens with one attached hydrogen (secondary N) is 1. The van der Waals surface area contributed by atoms with Crippen LogP contribution in [0.5, 0.6) is 0 Å². The Morgan fingerprint density at radius 2 is 2.19 bits per heavy atom. The molecule has 0 bridgehead atoms. The maximum atomic E-state index is 11.2. The van der Waals surface area contributed by atoms with Crippen LogP contribution in [0.15, 0.2) is 29.4 Å². The molecule has 1 heterocycles. The lowest BCUT2D eigenvalue weighted by molar-refractivity contribution is -0.131. The average Bonchev–Trinajstić information content (AvgIpc) is 2.78. The van der Waals surface area contributed by atoms with E-state index in [4.69, 9.17) is 22.3 Å². The van der Waals surface area contributed by atoms with Crippen molar-refractivity contribution in [2.24, 2.45) is 11.0 Å². The fraction of sp³-hybridized carbons (Fsp3) is 0.200. The molecular weight excluding hydrogens is 230 g/mol. The van der Waals surface area contributed by atoms with Gasteiger partial charge in [0.2, 0.25) is 6.10 Å². The summed E-state index contributed by atoms with van der Waals surface area (Å²) in [5.41, 5.74) is 3.63. The zero-order valence-electron chi connectivity index (χ0n) is 8.31. The number of hydrogen-bond donors (Lipinski definition) is 2. The highest BCUT2D eigenvalue weighted by Gasteiger charge is 2.28. The second-order valence-electron chi connectivity index (χ2n) is 3.35. The Morgan fingerprint density at radius 3 is 2.81 bits per heavy atom. The first-order chi connectivity index (χ1) is 7.70. The predicted molar refractivity (Wildman–Crippen MR) is 59.8 cm³/mol. The van der Waals surface area contributed by atoms with Gasteiger partial charge in [-0.3, -0.25) is 10.2 Å². The molecule has 84 valence electrons. The van der Waals surface area contributed by atoms with Gasteiger partial charge in [-0.25, -0.2) is 5.84 Å². The summed E-state index contributed by atoms with van der Waals surface area (Å²) in [7, 11) is 0. The number of nitrogens with two attached hydrogens (primary N) is 1. The van der Waals surface area contributed by atoms with Crippen LogP contribution in [0.4, 0.5) is 0 Å². The average molecular weight is 240 g/mol. The van der Waals surface area contributed by atoms with E-state index in [1.807, 2.05) is 17.6 Å². The second-order valence-corrected chi connectivity index (χ2v) is 3.79. The molecule has 0 radical (unpaired) electrons. The third-order valence-electron chi connectivity index (χ3n) is 2.28. The van der Waals surface area contributed by atoms with Crippen LogP contribution in [0.25, 0.3) is 0 Å². The van der Waals surface area contributed by atoms with Crippen molar-refractivity contribution in [1.29, 1.82) is 0 Å². The summed E-state index contributed by atoms with van der Waals surface area (Å²) < 4.78 is 0. The summed E-state index contributed by atoms with van der Waals surface area (Å²) in [5.74, 6) is 4.63. The van der Waals surface area contributed by atoms with Gasteiger partial charge in [-0.2, -0.15) is 0 Å². The number of oxime groups is 1. The zero-order chi connectivity index (χ0) is 11.5. The van der Waals surface area contributed by atoms with Gasteiger partial charge in [0, 0.05) is 11.4 Å². The van der Waals surface area contributed by atoms with Gasteiger partial charge >= 0.3 is 0 Å². The fourth-order valence-corrected chi connectivity index (χ4v) is 1.55. The Kier molecular flexibility index (Phi) is 3.07. The number of hydrogen-bond acceptors (Lipinski definition) is 4. The van der Waals surface area contributed by atoms with E-state index < -0.39 is 6.10 Å². The lowest BCUT2D eigenvalue weighted by Crippen LogP contribution is -2.39. The molecule has 6 heteroatoms. The van der Waals surface area contributed by atoms with Crippen LogP contribution in [0.2, 0.25) is 5.02 Å². The van der Waals surface area contributed by atoms with Crippen molar-refractivity contribution in [3.05, 3.63) is 34.9 Å². The molecule has 1 amide bonds. The number of rotatable bonds is 2. The van der Waals surface area contributed by atoms with Gasteiger partial charge in [-0.05, 0) is 17.7 Å². The van der Waals surface area contributed by atoms with Crippen molar-refractivity contribution in [2.45, 2.75) is 12.5 Å². The highest BCUT2D eigenvalue weighted by molar-refractivity contribution is 6.30. The smallest absolute Gasteiger partial charge is 0.278 e. The maximum absolute atomic E-state index is 11.2. The van der Waals surface area contributed by atoms with Gasteiger partial charge in [0.05, 0.1) is 5.71 Å². The van der Waals surface area contributed by atoms with Crippen molar-refractivity contribution in [1.82, 2.24) is 5.43 Å². The van der Waals surface area contributed by atoms with Crippen LogP contribution in [0.3, 0.4) is 0 Å². The van der Waals surface area contributed by atoms with E-state index in [1.165, 1.54) is 0 Å². The van der Waals surface area contributed by atoms with Crippen molar-refractivity contribution >= 4 is 23.2 Å². The minimum absolute atomic E-state index is 0.382. The number of halogens is 1. The Morgan fingerprint density at radius 1 is 1.50 bits per heavy atom. The third-order valence-corrected chi connectivity index (χ3v) is 2.53. The first-order valence-electron chi connectivity index (χ1n) is 4.70. The highest BCUT2D eigenvalue weighted by Crippen LogP contribution is 2.18. The molecule has 1 aliphatic heterocycles. The van der Waals surface area contributed by atoms with Gasteiger partial charge < -0.3 is 4.84 Å². The number of hydrazine groups is 1. The quantitative estimate of drug-likeness (QED) is 0.456.